The standard InChI is InChI=1S/C14H20ClN/c1-10(14(2,3)4)13(9-16)11-5-7-12(15)8-6-11/h5-8,13H,1,9,16H2,2-4H3/t13-/m0/s1. The highest BCUT2D eigenvalue weighted by atomic mass is 35.5. The molecule has 2 heteroatoms. The smallest absolute Gasteiger partial charge is 0.0406 e. The van der Waals surface area contributed by atoms with Crippen LogP contribution < -0.4 is 5.73 Å². The van der Waals surface area contributed by atoms with Crippen LogP contribution in [0.1, 0.15) is 32.3 Å². The van der Waals surface area contributed by atoms with Crippen molar-refractivity contribution in [2.24, 2.45) is 11.1 Å². The number of halogens is 1. The maximum Gasteiger partial charge on any atom is 0.0406 e. The first-order valence-electron chi connectivity index (χ1n) is 5.51. The van der Waals surface area contributed by atoms with Gasteiger partial charge < -0.3 is 5.73 Å². The number of nitrogens with two attached hydrogens (primary N) is 1. The summed E-state index contributed by atoms with van der Waals surface area (Å²) in [7, 11) is 0. The molecular formula is C14H20ClN. The molecule has 0 heterocycles. The average molecular weight is 238 g/mol. The molecule has 1 rings (SSSR count). The van der Waals surface area contributed by atoms with E-state index < -0.39 is 0 Å². The minimum absolute atomic E-state index is 0.0731. The van der Waals surface area contributed by atoms with E-state index >= 15 is 0 Å². The second kappa shape index (κ2) is 5.03. The van der Waals surface area contributed by atoms with Gasteiger partial charge in [0.2, 0.25) is 0 Å². The molecule has 1 aromatic rings. The van der Waals surface area contributed by atoms with Crippen molar-refractivity contribution in [2.45, 2.75) is 26.7 Å². The van der Waals surface area contributed by atoms with E-state index in [0.29, 0.717) is 6.54 Å². The van der Waals surface area contributed by atoms with Crippen LogP contribution in [0, 0.1) is 5.41 Å². The summed E-state index contributed by atoms with van der Waals surface area (Å²) in [5, 5.41) is 0.751. The van der Waals surface area contributed by atoms with Crippen LogP contribution in [0.5, 0.6) is 0 Å². The van der Waals surface area contributed by atoms with Crippen LogP contribution in [0.25, 0.3) is 0 Å². The Morgan fingerprint density at radius 1 is 1.31 bits per heavy atom. The van der Waals surface area contributed by atoms with Crippen LogP contribution in [-0.2, 0) is 0 Å². The minimum Gasteiger partial charge on any atom is -0.330 e. The van der Waals surface area contributed by atoms with Gasteiger partial charge in [-0.1, -0.05) is 56.7 Å². The van der Waals surface area contributed by atoms with E-state index in [0.717, 1.165) is 10.6 Å². The molecular weight excluding hydrogens is 218 g/mol. The van der Waals surface area contributed by atoms with Gasteiger partial charge in [0.15, 0.2) is 0 Å². The first-order chi connectivity index (χ1) is 7.36. The first-order valence-corrected chi connectivity index (χ1v) is 5.89. The third kappa shape index (κ3) is 3.10. The van der Waals surface area contributed by atoms with Crippen molar-refractivity contribution < 1.29 is 0 Å². The highest BCUT2D eigenvalue weighted by molar-refractivity contribution is 6.30. The second-order valence-corrected chi connectivity index (χ2v) is 5.55. The van der Waals surface area contributed by atoms with E-state index in [9.17, 15) is 0 Å². The van der Waals surface area contributed by atoms with E-state index in [1.54, 1.807) is 0 Å². The van der Waals surface area contributed by atoms with Crippen LogP contribution in [0.2, 0.25) is 5.02 Å². The van der Waals surface area contributed by atoms with Crippen molar-refractivity contribution in [1.29, 1.82) is 0 Å². The molecule has 0 amide bonds. The Bertz CT molecular complexity index is 359. The predicted molar refractivity (Wildman–Crippen MR) is 71.8 cm³/mol. The topological polar surface area (TPSA) is 26.0 Å². The van der Waals surface area contributed by atoms with Crippen LogP contribution in [0.15, 0.2) is 36.4 Å². The van der Waals surface area contributed by atoms with E-state index in [4.69, 9.17) is 17.3 Å². The SMILES string of the molecule is C=C([C@H](CN)c1ccc(Cl)cc1)C(C)(C)C. The molecule has 1 atom stereocenters. The fourth-order valence-corrected chi connectivity index (χ4v) is 1.82. The molecule has 2 N–H and O–H groups in total. The molecule has 0 aliphatic heterocycles. The van der Waals surface area contributed by atoms with Gasteiger partial charge in [-0.3, -0.25) is 0 Å². The Hall–Kier alpha value is -0.790. The zero-order chi connectivity index (χ0) is 12.3. The fourth-order valence-electron chi connectivity index (χ4n) is 1.70. The number of hydrogen-bond acceptors (Lipinski definition) is 1. The van der Waals surface area contributed by atoms with Gasteiger partial charge >= 0.3 is 0 Å². The second-order valence-electron chi connectivity index (χ2n) is 5.12. The fraction of sp³-hybridized carbons (Fsp3) is 0.429. The molecule has 1 aromatic carbocycles. The van der Waals surface area contributed by atoms with Gasteiger partial charge in [-0.25, -0.2) is 0 Å². The van der Waals surface area contributed by atoms with Crippen molar-refractivity contribution in [3.8, 4) is 0 Å². The lowest BCUT2D eigenvalue weighted by Crippen LogP contribution is -2.22. The Morgan fingerprint density at radius 3 is 2.19 bits per heavy atom. The molecule has 0 aromatic heterocycles. The lowest BCUT2D eigenvalue weighted by Gasteiger charge is -2.29. The monoisotopic (exact) mass is 237 g/mol. The molecule has 16 heavy (non-hydrogen) atoms. The van der Waals surface area contributed by atoms with Crippen LogP contribution in [0.3, 0.4) is 0 Å². The molecule has 0 saturated heterocycles. The summed E-state index contributed by atoms with van der Waals surface area (Å²) in [6.45, 7) is 11.2. The molecule has 0 spiro atoms. The largest absolute Gasteiger partial charge is 0.330 e. The Kier molecular flexibility index (Phi) is 4.17. The Balaban J connectivity index is 2.99. The van der Waals surface area contributed by atoms with E-state index in [2.05, 4.69) is 27.4 Å². The normalized spacial score (nSPS) is 13.6. The molecule has 0 saturated carbocycles. The number of hydrogen-bond donors (Lipinski definition) is 1. The van der Waals surface area contributed by atoms with E-state index in [-0.39, 0.29) is 11.3 Å². The number of benzene rings is 1. The van der Waals surface area contributed by atoms with Crippen molar-refractivity contribution >= 4 is 11.6 Å². The van der Waals surface area contributed by atoms with Gasteiger partial charge in [-0.05, 0) is 23.1 Å². The molecule has 0 aliphatic carbocycles. The molecule has 0 aliphatic rings. The van der Waals surface area contributed by atoms with Crippen molar-refractivity contribution in [1.82, 2.24) is 0 Å². The number of rotatable bonds is 3. The zero-order valence-corrected chi connectivity index (χ0v) is 11.0. The highest BCUT2D eigenvalue weighted by Crippen LogP contribution is 2.35. The van der Waals surface area contributed by atoms with Crippen molar-refractivity contribution in [3.05, 3.63) is 47.0 Å². The van der Waals surface area contributed by atoms with Gasteiger partial charge in [-0.15, -0.1) is 0 Å². The van der Waals surface area contributed by atoms with Gasteiger partial charge in [0.25, 0.3) is 0 Å². The van der Waals surface area contributed by atoms with Crippen molar-refractivity contribution in [2.75, 3.05) is 6.54 Å². The van der Waals surface area contributed by atoms with Gasteiger partial charge in [-0.2, -0.15) is 0 Å². The summed E-state index contributed by atoms with van der Waals surface area (Å²) in [4.78, 5) is 0. The van der Waals surface area contributed by atoms with E-state index in [1.807, 2.05) is 24.3 Å². The summed E-state index contributed by atoms with van der Waals surface area (Å²) in [6.07, 6.45) is 0. The highest BCUT2D eigenvalue weighted by Gasteiger charge is 2.23. The van der Waals surface area contributed by atoms with Crippen LogP contribution in [0.4, 0.5) is 0 Å². The summed E-state index contributed by atoms with van der Waals surface area (Å²) < 4.78 is 0. The molecule has 88 valence electrons. The first kappa shape index (κ1) is 13.3. The Labute approximate surface area is 103 Å². The van der Waals surface area contributed by atoms with Gasteiger partial charge in [0.1, 0.15) is 0 Å². The Morgan fingerprint density at radius 2 is 1.81 bits per heavy atom. The minimum atomic E-state index is 0.0731. The summed E-state index contributed by atoms with van der Waals surface area (Å²) in [5.41, 5.74) is 8.27. The quantitative estimate of drug-likeness (QED) is 0.791. The summed E-state index contributed by atoms with van der Waals surface area (Å²) >= 11 is 5.88. The molecule has 0 bridgehead atoms. The van der Waals surface area contributed by atoms with Crippen LogP contribution >= 0.6 is 11.6 Å². The summed E-state index contributed by atoms with van der Waals surface area (Å²) in [6, 6.07) is 7.85. The maximum atomic E-state index is 5.88. The van der Waals surface area contributed by atoms with Crippen LogP contribution in [-0.4, -0.2) is 6.54 Å². The van der Waals surface area contributed by atoms with Crippen molar-refractivity contribution in [3.63, 3.8) is 0 Å². The lowest BCUT2D eigenvalue weighted by atomic mass is 9.77. The van der Waals surface area contributed by atoms with Gasteiger partial charge in [0.05, 0.1) is 0 Å². The molecule has 0 fully saturated rings. The third-order valence-corrected chi connectivity index (χ3v) is 3.14. The summed E-state index contributed by atoms with van der Waals surface area (Å²) in [5.74, 6) is 0.206. The molecule has 1 nitrogen and oxygen atoms in total. The third-order valence-electron chi connectivity index (χ3n) is 2.89. The van der Waals surface area contributed by atoms with E-state index in [1.165, 1.54) is 5.56 Å². The average Bonchev–Trinajstić information content (AvgIpc) is 2.20. The maximum absolute atomic E-state index is 5.88. The predicted octanol–water partition coefficient (Wildman–Crippen LogP) is 3.98. The molecule has 0 radical (unpaired) electrons. The molecule has 0 unspecified atom stereocenters. The lowest BCUT2D eigenvalue weighted by molar-refractivity contribution is 0.466. The zero-order valence-electron chi connectivity index (χ0n) is 10.3. The van der Waals surface area contributed by atoms with Gasteiger partial charge in [0, 0.05) is 17.5 Å².